The molecule has 2 N–H and O–H groups in total. The van der Waals surface area contributed by atoms with Crippen LogP contribution in [0.5, 0.6) is 11.5 Å². The second kappa shape index (κ2) is 14.2. The largest absolute Gasteiger partial charge is 0.508 e. The van der Waals surface area contributed by atoms with E-state index in [4.69, 9.17) is 8.85 Å². The van der Waals surface area contributed by atoms with E-state index in [1.165, 1.54) is 0 Å². The maximum atomic E-state index is 10.2. The van der Waals surface area contributed by atoms with E-state index in [1.54, 1.807) is 12.1 Å². The molecule has 40 heavy (non-hydrogen) atoms. The average Bonchev–Trinajstić information content (AvgIpc) is 2.89. The van der Waals surface area contributed by atoms with Gasteiger partial charge in [0.25, 0.3) is 0 Å². The van der Waals surface area contributed by atoms with E-state index >= 15 is 0 Å². The highest BCUT2D eigenvalue weighted by Gasteiger charge is 2.55. The Morgan fingerprint density at radius 2 is 1.10 bits per heavy atom. The Kier molecular flexibility index (Phi) is 12.3. The van der Waals surface area contributed by atoms with Crippen molar-refractivity contribution in [2.45, 2.75) is 134 Å². The molecule has 0 radical (unpaired) electrons. The lowest BCUT2D eigenvalue weighted by Gasteiger charge is -2.54. The monoisotopic (exact) mass is 602 g/mol. The fourth-order valence-electron chi connectivity index (χ4n) is 6.43. The first kappa shape index (κ1) is 34.8. The number of para-hydroxylation sites is 2. The number of hydrogen-bond acceptors (Lipinski definition) is 4. The van der Waals surface area contributed by atoms with E-state index in [0.29, 0.717) is 11.5 Å². The Labute approximate surface area is 248 Å². The summed E-state index contributed by atoms with van der Waals surface area (Å²) in [7, 11) is -6.11. The van der Waals surface area contributed by atoms with Crippen LogP contribution < -0.4 is 0 Å². The minimum atomic E-state index is -2.32. The van der Waals surface area contributed by atoms with Crippen LogP contribution in [0.4, 0.5) is 0 Å². The second-order valence-corrected chi connectivity index (χ2v) is 27.3. The number of hydrogen-bond donors (Lipinski definition) is 2. The van der Waals surface area contributed by atoms with E-state index in [-0.39, 0.29) is 10.4 Å². The molecular formula is C33H58O4Si3. The molecule has 2 rings (SSSR count). The Hall–Kier alpha value is -1.39. The van der Waals surface area contributed by atoms with Crippen molar-refractivity contribution >= 4 is 24.7 Å². The fraction of sp³-hybridized carbons (Fsp3) is 0.636. The van der Waals surface area contributed by atoms with Crippen molar-refractivity contribution in [3.63, 3.8) is 0 Å². The summed E-state index contributed by atoms with van der Waals surface area (Å²) in [6, 6.07) is 17.6. The third-order valence-electron chi connectivity index (χ3n) is 9.75. The zero-order chi connectivity index (χ0) is 30.2. The topological polar surface area (TPSA) is 58.9 Å². The van der Waals surface area contributed by atoms with Gasteiger partial charge in [-0.15, -0.1) is 0 Å². The maximum absolute atomic E-state index is 10.2. The van der Waals surface area contributed by atoms with E-state index in [0.717, 1.165) is 68.2 Å². The Balaban J connectivity index is 2.16. The first-order chi connectivity index (χ1) is 18.6. The fourth-order valence-corrected chi connectivity index (χ4v) is 18.3. The molecule has 0 saturated carbocycles. The summed E-state index contributed by atoms with van der Waals surface area (Å²) in [6.07, 6.45) is 6.81. The minimum absolute atomic E-state index is 0.142. The van der Waals surface area contributed by atoms with Crippen molar-refractivity contribution in [3.05, 3.63) is 59.7 Å². The molecular weight excluding hydrogens is 545 g/mol. The lowest BCUT2D eigenvalue weighted by Crippen LogP contribution is -2.67. The zero-order valence-corrected chi connectivity index (χ0v) is 30.2. The molecule has 0 aliphatic heterocycles. The van der Waals surface area contributed by atoms with E-state index < -0.39 is 24.7 Å². The average molecular weight is 603 g/mol. The van der Waals surface area contributed by atoms with Gasteiger partial charge in [-0.2, -0.15) is 0 Å². The van der Waals surface area contributed by atoms with Gasteiger partial charge in [-0.25, -0.2) is 0 Å². The van der Waals surface area contributed by atoms with E-state index in [1.807, 2.05) is 36.4 Å². The standard InChI is InChI=1S/C33H58O4Si3/c1-11-32(4,38(5,6)26-18-22-28-20-14-16-24-30(28)34)36-40(9,10)33(12-2,13-3)37-39(7,8)27-19-23-29-21-15-17-25-31(29)35/h14-17,20-21,24-25,34-35H,11-13,18-19,22-23,26-27H2,1-10H3. The first-order valence-corrected chi connectivity index (χ1v) is 24.7. The predicted octanol–water partition coefficient (Wildman–Crippen LogP) is 9.62. The predicted molar refractivity (Wildman–Crippen MR) is 179 cm³/mol. The number of aromatic hydroxyl groups is 2. The molecule has 1 atom stereocenters. The van der Waals surface area contributed by atoms with Crippen LogP contribution in [0.3, 0.4) is 0 Å². The van der Waals surface area contributed by atoms with Gasteiger partial charge in [0.1, 0.15) is 11.5 Å². The molecule has 0 fully saturated rings. The molecule has 0 amide bonds. The van der Waals surface area contributed by atoms with Gasteiger partial charge in [-0.05, 0) is 101 Å². The first-order valence-electron chi connectivity index (χ1n) is 15.5. The van der Waals surface area contributed by atoms with Crippen LogP contribution in [0.2, 0.25) is 51.4 Å². The number of phenolic OH excluding ortho intramolecular Hbond substituents is 2. The number of rotatable bonds is 17. The molecule has 4 nitrogen and oxygen atoms in total. The van der Waals surface area contributed by atoms with Crippen molar-refractivity contribution in [1.82, 2.24) is 0 Å². The van der Waals surface area contributed by atoms with Crippen molar-refractivity contribution in [2.24, 2.45) is 0 Å². The number of phenols is 2. The third kappa shape index (κ3) is 8.57. The molecule has 0 aliphatic carbocycles. The molecule has 0 saturated heterocycles. The van der Waals surface area contributed by atoms with Gasteiger partial charge in [-0.3, -0.25) is 0 Å². The van der Waals surface area contributed by atoms with E-state index in [9.17, 15) is 10.2 Å². The van der Waals surface area contributed by atoms with Crippen LogP contribution in [-0.2, 0) is 21.7 Å². The summed E-state index contributed by atoms with van der Waals surface area (Å²) < 4.78 is 14.8. The highest BCUT2D eigenvalue weighted by Crippen LogP contribution is 2.43. The van der Waals surface area contributed by atoms with Crippen molar-refractivity contribution < 1.29 is 19.1 Å². The second-order valence-electron chi connectivity index (χ2n) is 13.6. The third-order valence-corrected chi connectivity index (χ3v) is 21.6. The van der Waals surface area contributed by atoms with Gasteiger partial charge in [-0.1, -0.05) is 82.7 Å². The van der Waals surface area contributed by atoms with Crippen molar-refractivity contribution in [1.29, 1.82) is 0 Å². The highest BCUT2D eigenvalue weighted by molar-refractivity contribution is 6.82. The zero-order valence-electron chi connectivity index (χ0n) is 27.2. The molecule has 0 heterocycles. The van der Waals surface area contributed by atoms with Crippen molar-refractivity contribution in [3.8, 4) is 11.5 Å². The molecule has 7 heteroatoms. The Morgan fingerprint density at radius 1 is 0.650 bits per heavy atom. The SMILES string of the molecule is CCC(C)(O[Si](C)(C)C(CC)(CC)O[Si](C)(C)CCCc1ccccc1O)[Si](C)(C)CCCc1ccccc1O. The van der Waals surface area contributed by atoms with Gasteiger partial charge >= 0.3 is 0 Å². The van der Waals surface area contributed by atoms with Gasteiger partial charge in [0.15, 0.2) is 8.32 Å². The minimum Gasteiger partial charge on any atom is -0.508 e. The summed E-state index contributed by atoms with van der Waals surface area (Å²) in [4.78, 5) is 0. The maximum Gasteiger partial charge on any atom is 0.217 e. The molecule has 0 aromatic heterocycles. The number of aryl methyl sites for hydroxylation is 2. The molecule has 226 valence electrons. The number of benzene rings is 2. The summed E-state index contributed by atoms with van der Waals surface area (Å²) in [5.74, 6) is 0.803. The lowest BCUT2D eigenvalue weighted by molar-refractivity contribution is 0.0614. The van der Waals surface area contributed by atoms with Gasteiger partial charge < -0.3 is 19.1 Å². The van der Waals surface area contributed by atoms with Crippen LogP contribution in [0.1, 0.15) is 70.9 Å². The summed E-state index contributed by atoms with van der Waals surface area (Å²) in [5.41, 5.74) is 2.07. The highest BCUT2D eigenvalue weighted by atomic mass is 28.4. The molecule has 0 aliphatic rings. The van der Waals surface area contributed by atoms with Crippen LogP contribution in [0, 0.1) is 0 Å². The van der Waals surface area contributed by atoms with Gasteiger partial charge in [0.05, 0.1) is 13.3 Å². The van der Waals surface area contributed by atoms with Crippen LogP contribution in [0.15, 0.2) is 48.5 Å². The van der Waals surface area contributed by atoms with Crippen molar-refractivity contribution in [2.75, 3.05) is 0 Å². The Morgan fingerprint density at radius 3 is 1.52 bits per heavy atom. The normalized spacial score (nSPS) is 14.8. The van der Waals surface area contributed by atoms with Gasteiger partial charge in [0.2, 0.25) is 8.32 Å². The summed E-state index contributed by atoms with van der Waals surface area (Å²) in [6.45, 7) is 23.7. The van der Waals surface area contributed by atoms with Gasteiger partial charge in [0, 0.05) is 5.22 Å². The van der Waals surface area contributed by atoms with Crippen LogP contribution in [0.25, 0.3) is 0 Å². The molecule has 2 aromatic rings. The lowest BCUT2D eigenvalue weighted by atomic mass is 10.1. The molecule has 2 aromatic carbocycles. The summed E-state index contributed by atoms with van der Waals surface area (Å²) >= 11 is 0. The van der Waals surface area contributed by atoms with E-state index in [2.05, 4.69) is 67.0 Å². The summed E-state index contributed by atoms with van der Waals surface area (Å²) in [5, 5.41) is 20.1. The molecule has 0 bridgehead atoms. The molecule has 0 spiro atoms. The smallest absolute Gasteiger partial charge is 0.217 e. The van der Waals surface area contributed by atoms with Crippen LogP contribution in [-0.4, -0.2) is 45.4 Å². The van der Waals surface area contributed by atoms with Crippen LogP contribution >= 0.6 is 0 Å². The quantitative estimate of drug-likeness (QED) is 0.177. The Bertz CT molecular complexity index is 1070. The molecule has 1 unspecified atom stereocenters.